The lowest BCUT2D eigenvalue weighted by molar-refractivity contribution is 0.481. The molecule has 1 heterocycles. The molecule has 0 aliphatic rings. The number of nitrogens with zero attached hydrogens (tertiary/aromatic N) is 2. The number of rotatable bonds is 3. The molecule has 1 aromatic heterocycles. The third kappa shape index (κ3) is 2.39. The predicted molar refractivity (Wildman–Crippen MR) is 65.8 cm³/mol. The number of aryl methyl sites for hydroxylation is 1. The van der Waals surface area contributed by atoms with E-state index < -0.39 is 0 Å². The molecule has 0 aliphatic heterocycles. The first-order chi connectivity index (χ1) is 8.08. The fraction of sp³-hybridized carbons (Fsp3) is 0.0909. The summed E-state index contributed by atoms with van der Waals surface area (Å²) in [7, 11) is 1.79. The Hall–Kier alpha value is -2.01. The molecule has 0 radical (unpaired) electrons. The van der Waals surface area contributed by atoms with Crippen molar-refractivity contribution in [2.45, 2.75) is 0 Å². The third-order valence-corrected chi connectivity index (χ3v) is 2.47. The van der Waals surface area contributed by atoms with Crippen LogP contribution in [0.1, 0.15) is 5.56 Å². The van der Waals surface area contributed by atoms with Gasteiger partial charge in [0.05, 0.1) is 23.0 Å². The minimum atomic E-state index is -0.130. The van der Waals surface area contributed by atoms with E-state index in [1.54, 1.807) is 42.3 Å². The van der Waals surface area contributed by atoms with Gasteiger partial charge in [-0.25, -0.2) is 0 Å². The third-order valence-electron chi connectivity index (χ3n) is 2.15. The zero-order chi connectivity index (χ0) is 12.4. The number of nitrogens with two attached hydrogens (primary N) is 1. The molecular formula is C11H11ClN4O. The summed E-state index contributed by atoms with van der Waals surface area (Å²) in [5.74, 6) is 0.879. The first-order valence-corrected chi connectivity index (χ1v) is 5.25. The van der Waals surface area contributed by atoms with Gasteiger partial charge < -0.3 is 10.5 Å². The zero-order valence-electron chi connectivity index (χ0n) is 9.14. The fourth-order valence-electron chi connectivity index (χ4n) is 1.43. The number of amidine groups is 1. The van der Waals surface area contributed by atoms with Gasteiger partial charge in [0.25, 0.3) is 0 Å². The standard InChI is InChI=1S/C11H11ClN4O/c1-16-6-7(5-15-16)17-9-4-2-3-8(12)10(9)11(13)14/h2-6H,1H3,(H3,13,14). The van der Waals surface area contributed by atoms with Gasteiger partial charge in [0.1, 0.15) is 11.6 Å². The lowest BCUT2D eigenvalue weighted by Crippen LogP contribution is -2.13. The molecule has 2 rings (SSSR count). The topological polar surface area (TPSA) is 76.9 Å². The molecule has 0 fully saturated rings. The molecule has 5 nitrogen and oxygen atoms in total. The van der Waals surface area contributed by atoms with Crippen molar-refractivity contribution in [1.29, 1.82) is 5.41 Å². The molecule has 0 atom stereocenters. The summed E-state index contributed by atoms with van der Waals surface area (Å²) in [6, 6.07) is 5.10. The molecule has 0 saturated heterocycles. The molecule has 1 aromatic carbocycles. The number of nitrogens with one attached hydrogen (secondary N) is 1. The minimum Gasteiger partial charge on any atom is -0.453 e. The minimum absolute atomic E-state index is 0.130. The van der Waals surface area contributed by atoms with E-state index >= 15 is 0 Å². The van der Waals surface area contributed by atoms with Crippen LogP contribution in [0.4, 0.5) is 0 Å². The highest BCUT2D eigenvalue weighted by Gasteiger charge is 2.12. The summed E-state index contributed by atoms with van der Waals surface area (Å²) in [5, 5.41) is 11.9. The van der Waals surface area contributed by atoms with Gasteiger partial charge >= 0.3 is 0 Å². The molecule has 2 aromatic rings. The van der Waals surface area contributed by atoms with Crippen molar-refractivity contribution in [3.63, 3.8) is 0 Å². The van der Waals surface area contributed by atoms with Crippen LogP contribution in [0, 0.1) is 5.41 Å². The van der Waals surface area contributed by atoms with Gasteiger partial charge in [-0.15, -0.1) is 0 Å². The van der Waals surface area contributed by atoms with Crippen molar-refractivity contribution in [3.8, 4) is 11.5 Å². The number of benzene rings is 1. The number of hydrogen-bond acceptors (Lipinski definition) is 3. The Bertz CT molecular complexity index is 564. The SMILES string of the molecule is Cn1cc(Oc2cccc(Cl)c2C(=N)N)cn1. The average molecular weight is 251 g/mol. The van der Waals surface area contributed by atoms with Crippen molar-refractivity contribution >= 4 is 17.4 Å². The Labute approximate surface area is 103 Å². The van der Waals surface area contributed by atoms with Crippen LogP contribution >= 0.6 is 11.6 Å². The van der Waals surface area contributed by atoms with Crippen LogP contribution in [0.2, 0.25) is 5.02 Å². The van der Waals surface area contributed by atoms with E-state index in [0.717, 1.165) is 0 Å². The summed E-state index contributed by atoms with van der Waals surface area (Å²) in [6.45, 7) is 0. The van der Waals surface area contributed by atoms with Crippen molar-refractivity contribution < 1.29 is 4.74 Å². The summed E-state index contributed by atoms with van der Waals surface area (Å²) >= 11 is 5.97. The lowest BCUT2D eigenvalue weighted by atomic mass is 10.2. The van der Waals surface area contributed by atoms with Crippen LogP contribution in [-0.4, -0.2) is 15.6 Å². The molecule has 17 heavy (non-hydrogen) atoms. The largest absolute Gasteiger partial charge is 0.453 e. The first kappa shape index (κ1) is 11.5. The van der Waals surface area contributed by atoms with Gasteiger partial charge in [0, 0.05) is 7.05 Å². The smallest absolute Gasteiger partial charge is 0.165 e. The van der Waals surface area contributed by atoms with Crippen molar-refractivity contribution in [2.24, 2.45) is 12.8 Å². The highest BCUT2D eigenvalue weighted by Crippen LogP contribution is 2.29. The van der Waals surface area contributed by atoms with E-state index in [-0.39, 0.29) is 5.84 Å². The molecule has 3 N–H and O–H groups in total. The zero-order valence-corrected chi connectivity index (χ0v) is 9.90. The van der Waals surface area contributed by atoms with Crippen LogP contribution in [0.5, 0.6) is 11.5 Å². The summed E-state index contributed by atoms with van der Waals surface area (Å²) in [5.41, 5.74) is 5.86. The molecule has 6 heteroatoms. The number of ether oxygens (including phenoxy) is 1. The molecule has 0 amide bonds. The second-order valence-corrected chi connectivity index (χ2v) is 3.89. The number of nitrogen functional groups attached to an aromatic ring is 1. The molecule has 0 spiro atoms. The van der Waals surface area contributed by atoms with E-state index in [1.807, 2.05) is 0 Å². The molecule has 0 saturated carbocycles. The predicted octanol–water partition coefficient (Wildman–Crippen LogP) is 2.15. The van der Waals surface area contributed by atoms with Crippen molar-refractivity contribution in [3.05, 3.63) is 41.2 Å². The average Bonchev–Trinajstić information content (AvgIpc) is 2.63. The Morgan fingerprint density at radius 1 is 1.53 bits per heavy atom. The molecule has 0 unspecified atom stereocenters. The lowest BCUT2D eigenvalue weighted by Gasteiger charge is -2.09. The van der Waals surface area contributed by atoms with Gasteiger partial charge in [-0.05, 0) is 12.1 Å². The van der Waals surface area contributed by atoms with Gasteiger partial charge in [-0.3, -0.25) is 10.1 Å². The monoisotopic (exact) mass is 250 g/mol. The van der Waals surface area contributed by atoms with Gasteiger partial charge in [0.15, 0.2) is 5.75 Å². The van der Waals surface area contributed by atoms with Gasteiger partial charge in [-0.1, -0.05) is 17.7 Å². The van der Waals surface area contributed by atoms with Crippen molar-refractivity contribution in [1.82, 2.24) is 9.78 Å². The van der Waals surface area contributed by atoms with Gasteiger partial charge in [-0.2, -0.15) is 5.10 Å². The second kappa shape index (κ2) is 4.47. The summed E-state index contributed by atoms with van der Waals surface area (Å²) < 4.78 is 7.20. The number of hydrogen-bond donors (Lipinski definition) is 2. The molecule has 0 bridgehead atoms. The molecular weight excluding hydrogens is 240 g/mol. The van der Waals surface area contributed by atoms with Crippen LogP contribution in [-0.2, 0) is 7.05 Å². The van der Waals surface area contributed by atoms with Crippen molar-refractivity contribution in [2.75, 3.05) is 0 Å². The van der Waals surface area contributed by atoms with Gasteiger partial charge in [0.2, 0.25) is 0 Å². The highest BCUT2D eigenvalue weighted by atomic mass is 35.5. The second-order valence-electron chi connectivity index (χ2n) is 3.48. The van der Waals surface area contributed by atoms with Crippen LogP contribution in [0.3, 0.4) is 0 Å². The molecule has 88 valence electrons. The van der Waals surface area contributed by atoms with E-state index in [2.05, 4.69) is 5.10 Å². The summed E-state index contributed by atoms with van der Waals surface area (Å²) in [4.78, 5) is 0. The number of aromatic nitrogens is 2. The van der Waals surface area contributed by atoms with Crippen LogP contribution < -0.4 is 10.5 Å². The maximum absolute atomic E-state index is 7.48. The highest BCUT2D eigenvalue weighted by molar-refractivity contribution is 6.34. The number of halogens is 1. The normalized spacial score (nSPS) is 10.2. The summed E-state index contributed by atoms with van der Waals surface area (Å²) in [6.07, 6.45) is 3.29. The van der Waals surface area contributed by atoms with E-state index in [0.29, 0.717) is 22.1 Å². The van der Waals surface area contributed by atoms with Crippen LogP contribution in [0.25, 0.3) is 0 Å². The Kier molecular flexibility index (Phi) is 3.01. The quantitative estimate of drug-likeness (QED) is 0.647. The fourth-order valence-corrected chi connectivity index (χ4v) is 1.70. The Morgan fingerprint density at radius 2 is 2.29 bits per heavy atom. The van der Waals surface area contributed by atoms with E-state index in [1.165, 1.54) is 0 Å². The van der Waals surface area contributed by atoms with Crippen LogP contribution in [0.15, 0.2) is 30.6 Å². The van der Waals surface area contributed by atoms with E-state index in [9.17, 15) is 0 Å². The first-order valence-electron chi connectivity index (χ1n) is 4.87. The van der Waals surface area contributed by atoms with E-state index in [4.69, 9.17) is 27.5 Å². The maximum Gasteiger partial charge on any atom is 0.165 e. The molecule has 0 aliphatic carbocycles. The maximum atomic E-state index is 7.48. The Morgan fingerprint density at radius 3 is 2.88 bits per heavy atom. The Balaban J connectivity index is 2.39.